The fourth-order valence-corrected chi connectivity index (χ4v) is 1.94. The van der Waals surface area contributed by atoms with Gasteiger partial charge in [0.1, 0.15) is 11.3 Å². The third-order valence-electron chi connectivity index (χ3n) is 2.09. The van der Waals surface area contributed by atoms with Gasteiger partial charge in [0.15, 0.2) is 0 Å². The zero-order valence-electron chi connectivity index (χ0n) is 8.32. The third-order valence-corrected chi connectivity index (χ3v) is 2.86. The summed E-state index contributed by atoms with van der Waals surface area (Å²) in [5.74, 6) is 0. The van der Waals surface area contributed by atoms with Crippen LogP contribution in [0, 0.1) is 6.92 Å². The van der Waals surface area contributed by atoms with Crippen molar-refractivity contribution in [1.82, 2.24) is 4.98 Å². The van der Waals surface area contributed by atoms with E-state index in [9.17, 15) is 10.2 Å². The van der Waals surface area contributed by atoms with Crippen LogP contribution in [-0.4, -0.2) is 26.6 Å². The molecule has 2 unspecified atom stereocenters. The predicted molar refractivity (Wildman–Crippen MR) is 63.4 cm³/mol. The van der Waals surface area contributed by atoms with E-state index in [4.69, 9.17) is 11.6 Å². The molecule has 2 atom stereocenters. The molecule has 1 rings (SSSR count). The summed E-state index contributed by atoms with van der Waals surface area (Å²) in [6.45, 7) is 1.86. The molecule has 0 aliphatic heterocycles. The fourth-order valence-electron chi connectivity index (χ4n) is 1.26. The van der Waals surface area contributed by atoms with Gasteiger partial charge >= 0.3 is 0 Å². The van der Waals surface area contributed by atoms with Crippen molar-refractivity contribution in [1.29, 1.82) is 0 Å². The lowest BCUT2D eigenvalue weighted by molar-refractivity contribution is 0.0172. The number of alkyl halides is 1. The van der Waals surface area contributed by atoms with Gasteiger partial charge in [0.25, 0.3) is 0 Å². The number of halogens is 2. The molecule has 0 aromatic carbocycles. The van der Waals surface area contributed by atoms with Gasteiger partial charge in [-0.2, -0.15) is 0 Å². The molecule has 0 amide bonds. The van der Waals surface area contributed by atoms with Crippen molar-refractivity contribution in [3.05, 3.63) is 28.5 Å². The van der Waals surface area contributed by atoms with E-state index in [2.05, 4.69) is 20.9 Å². The number of hydrogen-bond donors (Lipinski definition) is 2. The van der Waals surface area contributed by atoms with Crippen molar-refractivity contribution in [2.24, 2.45) is 0 Å². The first kappa shape index (κ1) is 12.9. The quantitative estimate of drug-likeness (QED) is 0.661. The van der Waals surface area contributed by atoms with E-state index in [0.29, 0.717) is 17.3 Å². The monoisotopic (exact) mass is 293 g/mol. The summed E-state index contributed by atoms with van der Waals surface area (Å²) in [6, 6.07) is 1.73. The van der Waals surface area contributed by atoms with Gasteiger partial charge < -0.3 is 10.2 Å². The summed E-state index contributed by atoms with van der Waals surface area (Å²) in [7, 11) is 0. The van der Waals surface area contributed by atoms with Crippen LogP contribution in [0.1, 0.15) is 23.7 Å². The Morgan fingerprint density at radius 2 is 2.20 bits per heavy atom. The van der Waals surface area contributed by atoms with Crippen molar-refractivity contribution < 1.29 is 10.2 Å². The molecule has 0 aliphatic rings. The van der Waals surface area contributed by atoms with E-state index in [1.54, 1.807) is 12.3 Å². The Bertz CT molecular complexity index is 335. The van der Waals surface area contributed by atoms with Crippen molar-refractivity contribution in [3.63, 3.8) is 0 Å². The van der Waals surface area contributed by atoms with Gasteiger partial charge in [-0.1, -0.05) is 27.5 Å². The van der Waals surface area contributed by atoms with Crippen LogP contribution in [0.5, 0.6) is 0 Å². The van der Waals surface area contributed by atoms with Gasteiger partial charge in [-0.05, 0) is 25.0 Å². The SMILES string of the molecule is Cc1cnc(Cl)c(C(O)C(O)CCBr)c1. The fraction of sp³-hybridized carbons (Fsp3) is 0.500. The number of hydrogen-bond acceptors (Lipinski definition) is 3. The normalized spacial score (nSPS) is 15.0. The first-order chi connectivity index (χ1) is 7.06. The first-order valence-corrected chi connectivity index (χ1v) is 6.10. The summed E-state index contributed by atoms with van der Waals surface area (Å²) >= 11 is 9.05. The van der Waals surface area contributed by atoms with Crippen LogP contribution in [0.2, 0.25) is 5.15 Å². The van der Waals surface area contributed by atoms with Gasteiger partial charge in [-0.3, -0.25) is 0 Å². The number of nitrogens with zero attached hydrogens (tertiary/aromatic N) is 1. The molecule has 0 radical (unpaired) electrons. The van der Waals surface area contributed by atoms with Crippen LogP contribution in [-0.2, 0) is 0 Å². The Kier molecular flexibility index (Phi) is 4.99. The molecule has 2 N–H and O–H groups in total. The molecule has 1 aromatic heterocycles. The number of aliphatic hydroxyl groups is 2. The van der Waals surface area contributed by atoms with Gasteiger partial charge in [0, 0.05) is 17.1 Å². The standard InChI is InChI=1S/C10H13BrClNO2/c1-6-4-7(10(12)13-5-6)9(15)8(14)2-3-11/h4-5,8-9,14-15H,2-3H2,1H3. The highest BCUT2D eigenvalue weighted by Gasteiger charge is 2.20. The Labute approximate surface area is 102 Å². The minimum Gasteiger partial charge on any atom is -0.390 e. The Hall–Kier alpha value is -0.160. The highest BCUT2D eigenvalue weighted by Crippen LogP contribution is 2.25. The van der Waals surface area contributed by atoms with Gasteiger partial charge in [0.2, 0.25) is 0 Å². The molecule has 84 valence electrons. The van der Waals surface area contributed by atoms with Crippen LogP contribution < -0.4 is 0 Å². The molecule has 0 saturated carbocycles. The minimum absolute atomic E-state index is 0.238. The maximum absolute atomic E-state index is 9.83. The minimum atomic E-state index is -0.984. The van der Waals surface area contributed by atoms with E-state index in [1.807, 2.05) is 6.92 Å². The van der Waals surface area contributed by atoms with Crippen LogP contribution in [0.4, 0.5) is 0 Å². The summed E-state index contributed by atoms with van der Waals surface area (Å²) < 4.78 is 0. The maximum atomic E-state index is 9.83. The summed E-state index contributed by atoms with van der Waals surface area (Å²) in [5, 5.41) is 20.3. The molecule has 5 heteroatoms. The molecule has 0 spiro atoms. The van der Waals surface area contributed by atoms with Gasteiger partial charge in [0.05, 0.1) is 6.10 Å². The zero-order valence-corrected chi connectivity index (χ0v) is 10.7. The van der Waals surface area contributed by atoms with Crippen LogP contribution in [0.3, 0.4) is 0 Å². The lowest BCUT2D eigenvalue weighted by Gasteiger charge is -2.18. The van der Waals surface area contributed by atoms with E-state index in [-0.39, 0.29) is 5.15 Å². The molecule has 3 nitrogen and oxygen atoms in total. The van der Waals surface area contributed by atoms with Crippen LogP contribution in [0.25, 0.3) is 0 Å². The molecule has 0 fully saturated rings. The maximum Gasteiger partial charge on any atom is 0.134 e. The van der Waals surface area contributed by atoms with Crippen molar-refractivity contribution in [2.75, 3.05) is 5.33 Å². The molecule has 0 aliphatic carbocycles. The molecular formula is C10H13BrClNO2. The lowest BCUT2D eigenvalue weighted by atomic mass is 10.0. The lowest BCUT2D eigenvalue weighted by Crippen LogP contribution is -2.19. The van der Waals surface area contributed by atoms with Crippen molar-refractivity contribution in [3.8, 4) is 0 Å². The molecule has 0 saturated heterocycles. The van der Waals surface area contributed by atoms with Crippen LogP contribution >= 0.6 is 27.5 Å². The number of aromatic nitrogens is 1. The van der Waals surface area contributed by atoms with Gasteiger partial charge in [-0.25, -0.2) is 4.98 Å². The number of pyridine rings is 1. The summed E-state index contributed by atoms with van der Waals surface area (Å²) in [4.78, 5) is 3.92. The summed E-state index contributed by atoms with van der Waals surface area (Å²) in [5.41, 5.74) is 1.38. The Balaban J connectivity index is 2.89. The summed E-state index contributed by atoms with van der Waals surface area (Å²) in [6.07, 6.45) is 0.272. The first-order valence-electron chi connectivity index (χ1n) is 4.60. The number of aryl methyl sites for hydroxylation is 1. The van der Waals surface area contributed by atoms with Crippen molar-refractivity contribution >= 4 is 27.5 Å². The molecule has 1 aromatic rings. The molecule has 1 heterocycles. The van der Waals surface area contributed by atoms with E-state index in [1.165, 1.54) is 0 Å². The third kappa shape index (κ3) is 3.41. The smallest absolute Gasteiger partial charge is 0.134 e. The van der Waals surface area contributed by atoms with Crippen molar-refractivity contribution in [2.45, 2.75) is 25.6 Å². The van der Waals surface area contributed by atoms with E-state index in [0.717, 1.165) is 5.56 Å². The Morgan fingerprint density at radius 3 is 2.80 bits per heavy atom. The second-order valence-electron chi connectivity index (χ2n) is 3.38. The molecule has 0 bridgehead atoms. The van der Waals surface area contributed by atoms with Gasteiger partial charge in [-0.15, -0.1) is 0 Å². The predicted octanol–water partition coefficient (Wildman–Crippen LogP) is 2.22. The molecule has 15 heavy (non-hydrogen) atoms. The number of aliphatic hydroxyl groups excluding tert-OH is 2. The van der Waals surface area contributed by atoms with E-state index >= 15 is 0 Å². The second-order valence-corrected chi connectivity index (χ2v) is 4.53. The van der Waals surface area contributed by atoms with Crippen LogP contribution in [0.15, 0.2) is 12.3 Å². The zero-order chi connectivity index (χ0) is 11.4. The number of rotatable bonds is 4. The average molecular weight is 295 g/mol. The Morgan fingerprint density at radius 1 is 1.53 bits per heavy atom. The highest BCUT2D eigenvalue weighted by atomic mass is 79.9. The molecular weight excluding hydrogens is 281 g/mol. The highest BCUT2D eigenvalue weighted by molar-refractivity contribution is 9.09. The topological polar surface area (TPSA) is 53.4 Å². The largest absolute Gasteiger partial charge is 0.390 e. The second kappa shape index (κ2) is 5.80. The van der Waals surface area contributed by atoms with E-state index < -0.39 is 12.2 Å². The average Bonchev–Trinajstić information content (AvgIpc) is 2.21.